The normalized spacial score (nSPS) is 15.2. The number of carbonyl (C=O) groups excluding carboxylic acids is 1. The first-order valence-electron chi connectivity index (χ1n) is 6.88. The number of alkyl halides is 1. The van der Waals surface area contributed by atoms with Gasteiger partial charge in [0.05, 0.1) is 5.38 Å². The number of thioether (sulfide) groups is 1. The lowest BCUT2D eigenvalue weighted by atomic mass is 9.97. The number of rotatable bonds is 3. The molecule has 0 aromatic heterocycles. The third-order valence-corrected chi connectivity index (χ3v) is 5.03. The first-order chi connectivity index (χ1) is 10.2. The van der Waals surface area contributed by atoms with Crippen LogP contribution in [0.1, 0.15) is 28.5 Å². The molecule has 0 saturated carbocycles. The smallest absolute Gasteiger partial charge is 0.224 e. The van der Waals surface area contributed by atoms with Gasteiger partial charge < -0.3 is 5.32 Å². The molecule has 108 valence electrons. The van der Waals surface area contributed by atoms with E-state index in [1.807, 2.05) is 24.3 Å². The van der Waals surface area contributed by atoms with Crippen LogP contribution in [0.3, 0.4) is 0 Å². The largest absolute Gasteiger partial charge is 0.326 e. The van der Waals surface area contributed by atoms with Crippen molar-refractivity contribution in [1.29, 1.82) is 0 Å². The van der Waals surface area contributed by atoms with Crippen LogP contribution in [0, 0.1) is 0 Å². The van der Waals surface area contributed by atoms with Crippen LogP contribution in [-0.4, -0.2) is 12.2 Å². The van der Waals surface area contributed by atoms with E-state index in [9.17, 15) is 4.79 Å². The maximum absolute atomic E-state index is 11.4. The molecule has 1 amide bonds. The maximum Gasteiger partial charge on any atom is 0.224 e. The predicted molar refractivity (Wildman–Crippen MR) is 89.3 cm³/mol. The number of benzene rings is 2. The number of hydrogen-bond acceptors (Lipinski definition) is 2. The highest BCUT2D eigenvalue weighted by molar-refractivity contribution is 7.98. The van der Waals surface area contributed by atoms with Gasteiger partial charge in [-0.15, -0.1) is 23.4 Å². The lowest BCUT2D eigenvalue weighted by molar-refractivity contribution is -0.116. The van der Waals surface area contributed by atoms with Gasteiger partial charge in [-0.25, -0.2) is 0 Å². The zero-order chi connectivity index (χ0) is 14.8. The highest BCUT2D eigenvalue weighted by atomic mass is 35.5. The average Bonchev–Trinajstić information content (AvgIpc) is 2.53. The Labute approximate surface area is 133 Å². The molecule has 0 spiro atoms. The van der Waals surface area contributed by atoms with Gasteiger partial charge in [-0.2, -0.15) is 0 Å². The van der Waals surface area contributed by atoms with Gasteiger partial charge in [-0.05, 0) is 41.5 Å². The van der Waals surface area contributed by atoms with Crippen LogP contribution in [-0.2, 0) is 11.2 Å². The molecule has 21 heavy (non-hydrogen) atoms. The van der Waals surface area contributed by atoms with Crippen molar-refractivity contribution in [1.82, 2.24) is 0 Å². The van der Waals surface area contributed by atoms with Gasteiger partial charge in [0.1, 0.15) is 0 Å². The highest BCUT2D eigenvalue weighted by Gasteiger charge is 2.19. The minimum absolute atomic E-state index is 0.0883. The summed E-state index contributed by atoms with van der Waals surface area (Å²) in [5.41, 5.74) is 4.29. The van der Waals surface area contributed by atoms with E-state index in [-0.39, 0.29) is 11.3 Å². The summed E-state index contributed by atoms with van der Waals surface area (Å²) in [6.45, 7) is 0. The second-order valence-electron chi connectivity index (χ2n) is 5.07. The summed E-state index contributed by atoms with van der Waals surface area (Å²) >= 11 is 8.39. The van der Waals surface area contributed by atoms with E-state index >= 15 is 0 Å². The first-order valence-corrected chi connectivity index (χ1v) is 8.55. The third-order valence-electron chi connectivity index (χ3n) is 3.73. The zero-order valence-corrected chi connectivity index (χ0v) is 13.3. The van der Waals surface area contributed by atoms with Gasteiger partial charge in [0.2, 0.25) is 5.91 Å². The molecule has 0 fully saturated rings. The van der Waals surface area contributed by atoms with Gasteiger partial charge >= 0.3 is 0 Å². The monoisotopic (exact) mass is 317 g/mol. The number of aryl methyl sites for hydroxylation is 1. The minimum atomic E-state index is -0.170. The molecule has 1 aliphatic heterocycles. The summed E-state index contributed by atoms with van der Waals surface area (Å²) in [6, 6.07) is 14.3. The molecule has 0 bridgehead atoms. The number of fused-ring (bicyclic) bond motifs is 1. The molecule has 2 nitrogen and oxygen atoms in total. The standard InChI is InChI=1S/C17H16ClNOS/c1-21-15-5-3-2-4-13(15)17(18)12-6-8-14-11(10-12)7-9-16(20)19-14/h2-6,8,10,17H,7,9H2,1H3,(H,19,20). The highest BCUT2D eigenvalue weighted by Crippen LogP contribution is 2.36. The van der Waals surface area contributed by atoms with Crippen LogP contribution >= 0.6 is 23.4 Å². The van der Waals surface area contributed by atoms with Crippen LogP contribution < -0.4 is 5.32 Å². The summed E-state index contributed by atoms with van der Waals surface area (Å²) in [6.07, 6.45) is 3.39. The fraction of sp³-hybridized carbons (Fsp3) is 0.235. The molecule has 1 N–H and O–H groups in total. The van der Waals surface area contributed by atoms with Crippen LogP contribution in [0.15, 0.2) is 47.4 Å². The summed E-state index contributed by atoms with van der Waals surface area (Å²) in [7, 11) is 0. The summed E-state index contributed by atoms with van der Waals surface area (Å²) in [5.74, 6) is 0.0883. The van der Waals surface area contributed by atoms with Crippen molar-refractivity contribution in [3.63, 3.8) is 0 Å². The Balaban J connectivity index is 1.95. The van der Waals surface area contributed by atoms with E-state index in [1.165, 1.54) is 10.5 Å². The predicted octanol–water partition coefficient (Wildman–Crippen LogP) is 4.62. The van der Waals surface area contributed by atoms with E-state index in [0.717, 1.165) is 23.2 Å². The molecule has 2 aromatic carbocycles. The summed E-state index contributed by atoms with van der Waals surface area (Å²) in [5, 5.41) is 2.73. The molecule has 0 aliphatic carbocycles. The number of amides is 1. The van der Waals surface area contributed by atoms with E-state index in [0.29, 0.717) is 6.42 Å². The molecular weight excluding hydrogens is 302 g/mol. The quantitative estimate of drug-likeness (QED) is 0.661. The number of halogens is 1. The molecule has 1 heterocycles. The van der Waals surface area contributed by atoms with E-state index < -0.39 is 0 Å². The van der Waals surface area contributed by atoms with Gasteiger partial charge in [0, 0.05) is 17.0 Å². The molecule has 1 unspecified atom stereocenters. The summed E-state index contributed by atoms with van der Waals surface area (Å²) < 4.78 is 0. The van der Waals surface area contributed by atoms with E-state index in [2.05, 4.69) is 29.8 Å². The fourth-order valence-electron chi connectivity index (χ4n) is 2.62. The second kappa shape index (κ2) is 6.12. The Morgan fingerprint density at radius 1 is 1.19 bits per heavy atom. The molecule has 1 atom stereocenters. The van der Waals surface area contributed by atoms with Gasteiger partial charge in [0.15, 0.2) is 0 Å². The van der Waals surface area contributed by atoms with E-state index in [4.69, 9.17) is 11.6 Å². The van der Waals surface area contributed by atoms with Crippen LogP contribution in [0.5, 0.6) is 0 Å². The minimum Gasteiger partial charge on any atom is -0.326 e. The molecule has 0 saturated heterocycles. The molecule has 1 aliphatic rings. The van der Waals surface area contributed by atoms with Crippen molar-refractivity contribution < 1.29 is 4.79 Å². The topological polar surface area (TPSA) is 29.1 Å². The van der Waals surface area contributed by atoms with Crippen LogP contribution in [0.2, 0.25) is 0 Å². The van der Waals surface area contributed by atoms with Crippen molar-refractivity contribution in [3.8, 4) is 0 Å². The van der Waals surface area contributed by atoms with Gasteiger partial charge in [-0.1, -0.05) is 30.3 Å². The SMILES string of the molecule is CSc1ccccc1C(Cl)c1ccc2c(c1)CCC(=O)N2. The molecule has 4 heteroatoms. The van der Waals surface area contributed by atoms with Crippen molar-refractivity contribution in [3.05, 3.63) is 59.2 Å². The Morgan fingerprint density at radius 3 is 2.81 bits per heavy atom. The summed E-state index contributed by atoms with van der Waals surface area (Å²) in [4.78, 5) is 12.6. The van der Waals surface area contributed by atoms with Gasteiger partial charge in [0.25, 0.3) is 0 Å². The van der Waals surface area contributed by atoms with Crippen molar-refractivity contribution in [2.45, 2.75) is 23.1 Å². The molecule has 3 rings (SSSR count). The number of anilines is 1. The lowest BCUT2D eigenvalue weighted by Crippen LogP contribution is -2.19. The van der Waals surface area contributed by atoms with E-state index in [1.54, 1.807) is 11.8 Å². The molecule has 2 aromatic rings. The van der Waals surface area contributed by atoms with Crippen molar-refractivity contribution >= 4 is 35.0 Å². The van der Waals surface area contributed by atoms with Crippen molar-refractivity contribution in [2.75, 3.05) is 11.6 Å². The lowest BCUT2D eigenvalue weighted by Gasteiger charge is -2.20. The Kier molecular flexibility index (Phi) is 4.22. The Morgan fingerprint density at radius 2 is 2.00 bits per heavy atom. The van der Waals surface area contributed by atoms with Crippen LogP contribution in [0.4, 0.5) is 5.69 Å². The Bertz CT molecular complexity index is 686. The molecular formula is C17H16ClNOS. The second-order valence-corrected chi connectivity index (χ2v) is 6.35. The average molecular weight is 318 g/mol. The molecule has 0 radical (unpaired) electrons. The zero-order valence-electron chi connectivity index (χ0n) is 11.7. The van der Waals surface area contributed by atoms with Crippen molar-refractivity contribution in [2.24, 2.45) is 0 Å². The van der Waals surface area contributed by atoms with Gasteiger partial charge in [-0.3, -0.25) is 4.79 Å². The Hall–Kier alpha value is -1.45. The van der Waals surface area contributed by atoms with Crippen LogP contribution in [0.25, 0.3) is 0 Å². The number of hydrogen-bond donors (Lipinski definition) is 1. The number of nitrogens with one attached hydrogen (secondary N) is 1. The maximum atomic E-state index is 11.4. The number of carbonyl (C=O) groups is 1. The third kappa shape index (κ3) is 2.94. The first kappa shape index (κ1) is 14.5. The fourth-order valence-corrected chi connectivity index (χ4v) is 3.64.